The minimum Gasteiger partial charge on any atom is -0.377 e. The molecule has 20 heteroatoms. The molecule has 0 aliphatic carbocycles. The van der Waals surface area contributed by atoms with Gasteiger partial charge in [0.2, 0.25) is 0 Å². The Morgan fingerprint density at radius 3 is 0.600 bits per heavy atom. The lowest BCUT2D eigenvalue weighted by atomic mass is 10.2. The highest BCUT2D eigenvalue weighted by Crippen LogP contribution is 2.20. The van der Waals surface area contributed by atoms with Crippen LogP contribution in [0.15, 0.2) is 0 Å². The molecule has 0 unspecified atom stereocenters. The molecule has 0 aliphatic heterocycles. The summed E-state index contributed by atoms with van der Waals surface area (Å²) < 4.78 is 67.9. The van der Waals surface area contributed by atoms with Gasteiger partial charge in [-0.1, -0.05) is 0 Å². The minimum absolute atomic E-state index is 0.781. The molecule has 0 aromatic carbocycles. The fourth-order valence-electron chi connectivity index (χ4n) is 6.93. The summed E-state index contributed by atoms with van der Waals surface area (Å²) in [7, 11) is 14.2. The van der Waals surface area contributed by atoms with Crippen molar-refractivity contribution in [3.05, 3.63) is 0 Å². The second-order valence-corrected chi connectivity index (χ2v) is 26.3. The average molecular weight is 865 g/mol. The van der Waals surface area contributed by atoms with Crippen molar-refractivity contribution >= 4 is 35.2 Å². The number of nitrogens with zero attached hydrogens (tertiary/aromatic N) is 4. The number of rotatable bonds is 40. The zero-order valence-electron chi connectivity index (χ0n) is 37.5. The van der Waals surface area contributed by atoms with Crippen LogP contribution in [0.3, 0.4) is 0 Å². The van der Waals surface area contributed by atoms with Gasteiger partial charge in [0.25, 0.3) is 0 Å². The van der Waals surface area contributed by atoms with Crippen molar-refractivity contribution in [1.29, 1.82) is 0 Å². The van der Waals surface area contributed by atoms with Crippen molar-refractivity contribution < 1.29 is 53.1 Å². The topological polar surface area (TPSA) is 124 Å². The van der Waals surface area contributed by atoms with Crippen molar-refractivity contribution in [3.8, 4) is 0 Å². The zero-order chi connectivity index (χ0) is 41.6. The van der Waals surface area contributed by atoms with E-state index in [0.29, 0.717) is 0 Å². The van der Waals surface area contributed by atoms with Crippen LogP contribution in [-0.2, 0) is 53.1 Å². The molecule has 0 radical (unpaired) electrons. The van der Waals surface area contributed by atoms with Crippen LogP contribution in [-0.4, -0.2) is 220 Å². The van der Waals surface area contributed by atoms with E-state index in [2.05, 4.69) is 33.7 Å². The highest BCUT2D eigenvalue weighted by Gasteiger charge is 2.40. The van der Waals surface area contributed by atoms with Crippen LogP contribution in [0.1, 0.15) is 44.9 Å². The van der Waals surface area contributed by atoms with E-state index in [0.717, 1.165) is 135 Å². The molecule has 0 N–H and O–H groups in total. The van der Waals surface area contributed by atoms with Crippen LogP contribution >= 0.6 is 0 Å². The first-order valence-electron chi connectivity index (χ1n) is 19.8. The maximum absolute atomic E-state index is 5.66. The highest BCUT2D eigenvalue weighted by molar-refractivity contribution is 6.61. The Labute approximate surface area is 341 Å². The van der Waals surface area contributed by atoms with Crippen molar-refractivity contribution in [1.82, 2.24) is 19.6 Å². The van der Waals surface area contributed by atoms with Gasteiger partial charge in [0, 0.05) is 109 Å². The smallest absolute Gasteiger partial charge is 0.377 e. The van der Waals surface area contributed by atoms with Crippen LogP contribution in [0.25, 0.3) is 0 Å². The monoisotopic (exact) mass is 865 g/mol. The molecule has 0 spiro atoms. The second-order valence-electron chi connectivity index (χ2n) is 13.9. The molecule has 0 amide bonds. The summed E-state index contributed by atoms with van der Waals surface area (Å²) in [6, 6.07) is 3.13. The summed E-state index contributed by atoms with van der Waals surface area (Å²) >= 11 is 0. The zero-order valence-corrected chi connectivity index (χ0v) is 41.5. The van der Waals surface area contributed by atoms with Crippen LogP contribution in [0.4, 0.5) is 0 Å². The van der Waals surface area contributed by atoms with Gasteiger partial charge >= 0.3 is 35.2 Å². The molecule has 0 bridgehead atoms. The first kappa shape index (κ1) is 55.2. The molecule has 0 aromatic heterocycles. The average Bonchev–Trinajstić information content (AvgIpc) is 3.21. The summed E-state index contributed by atoms with van der Waals surface area (Å²) in [5, 5.41) is 0. The van der Waals surface area contributed by atoms with Crippen LogP contribution in [0.5, 0.6) is 0 Å². The van der Waals surface area contributed by atoms with E-state index in [-0.39, 0.29) is 0 Å². The molecular weight excluding hydrogens is 781 g/mol. The van der Waals surface area contributed by atoms with Crippen molar-refractivity contribution in [3.63, 3.8) is 0 Å². The molecule has 0 heterocycles. The molecule has 0 aromatic rings. The van der Waals surface area contributed by atoms with Gasteiger partial charge in [-0.3, -0.25) is 0 Å². The summed E-state index contributed by atoms with van der Waals surface area (Å²) in [4.78, 5) is 9.97. The Morgan fingerprint density at radius 1 is 0.255 bits per heavy atom. The Kier molecular flexibility index (Phi) is 32.2. The lowest BCUT2D eigenvalue weighted by molar-refractivity contribution is 0.118. The molecule has 0 fully saturated rings. The van der Waals surface area contributed by atoms with E-state index in [1.165, 1.54) is 0 Å². The third-order valence-electron chi connectivity index (χ3n) is 10.7. The van der Waals surface area contributed by atoms with Crippen molar-refractivity contribution in [2.24, 2.45) is 0 Å². The van der Waals surface area contributed by atoms with E-state index >= 15 is 0 Å². The van der Waals surface area contributed by atoms with E-state index in [1.807, 2.05) is 0 Å². The number of hydrogen-bond acceptors (Lipinski definition) is 16. The van der Waals surface area contributed by atoms with E-state index in [1.54, 1.807) is 85.3 Å². The normalized spacial score (nSPS) is 13.4. The third-order valence-corrected chi connectivity index (χ3v) is 22.0. The summed E-state index contributed by atoms with van der Waals surface area (Å²) in [5.41, 5.74) is 0. The van der Waals surface area contributed by atoms with Gasteiger partial charge < -0.3 is 72.7 Å². The van der Waals surface area contributed by atoms with Gasteiger partial charge in [-0.25, -0.2) is 0 Å². The molecule has 0 saturated carbocycles. The van der Waals surface area contributed by atoms with Gasteiger partial charge in [0.15, 0.2) is 0 Å². The van der Waals surface area contributed by atoms with Crippen molar-refractivity contribution in [2.75, 3.05) is 165 Å². The SMILES string of the molecule is CO[Si](CCCN(CCCN(C)CCCN(C)CCCN(CCC[Si](OC)(OC)OC)CCC[Si](OC)(OC)OC)CCC[Si](OC)(OC)OC)(OC)OC. The first-order chi connectivity index (χ1) is 26.4. The first-order valence-corrected chi connectivity index (χ1v) is 27.5. The Bertz CT molecular complexity index is 745. The van der Waals surface area contributed by atoms with Crippen LogP contribution in [0, 0.1) is 0 Å². The van der Waals surface area contributed by atoms with Gasteiger partial charge in [-0.15, -0.1) is 0 Å². The molecule has 332 valence electrons. The summed E-state index contributed by atoms with van der Waals surface area (Å²) in [6.07, 6.45) is 7.09. The van der Waals surface area contributed by atoms with E-state index in [9.17, 15) is 0 Å². The van der Waals surface area contributed by atoms with Crippen LogP contribution in [0.2, 0.25) is 24.2 Å². The molecule has 0 saturated heterocycles. The molecule has 16 nitrogen and oxygen atoms in total. The van der Waals surface area contributed by atoms with Gasteiger partial charge in [0.1, 0.15) is 0 Å². The van der Waals surface area contributed by atoms with Crippen molar-refractivity contribution in [2.45, 2.75) is 69.1 Å². The lowest BCUT2D eigenvalue weighted by Crippen LogP contribution is -2.44. The molecule has 0 rings (SSSR count). The minimum atomic E-state index is -2.60. The quantitative estimate of drug-likeness (QED) is 0.0832. The molecule has 0 aliphatic rings. The molecule has 0 atom stereocenters. The van der Waals surface area contributed by atoms with E-state index in [4.69, 9.17) is 53.1 Å². The Balaban J connectivity index is 4.93. The fraction of sp³-hybridized carbons (Fsp3) is 1.00. The number of hydrogen-bond donors (Lipinski definition) is 0. The van der Waals surface area contributed by atoms with Gasteiger partial charge in [-0.2, -0.15) is 0 Å². The predicted octanol–water partition coefficient (Wildman–Crippen LogP) is 3.70. The van der Waals surface area contributed by atoms with Gasteiger partial charge in [-0.05, 0) is 124 Å². The highest BCUT2D eigenvalue weighted by atomic mass is 28.4. The standard InChI is InChI=1S/C35H84N4O12Si4/c1-36(24-16-26-38(28-18-32-52(40-3,41-4)42-5)29-19-33-53(43-6,44-7)45-8)22-15-23-37(2)25-17-27-39(30-20-34-54(46-9,47-10)48-11)31-21-35-55(49-12,50-13)51-14/h15-35H2,1-14H3. The summed E-state index contributed by atoms with van der Waals surface area (Å²) in [5.74, 6) is 0. The fourth-order valence-corrected chi connectivity index (χ4v) is 13.7. The summed E-state index contributed by atoms with van der Waals surface area (Å²) in [6.45, 7) is 10.1. The van der Waals surface area contributed by atoms with Crippen LogP contribution < -0.4 is 0 Å². The van der Waals surface area contributed by atoms with Gasteiger partial charge in [0.05, 0.1) is 0 Å². The lowest BCUT2D eigenvalue weighted by Gasteiger charge is -2.29. The molecule has 55 heavy (non-hydrogen) atoms. The molecular formula is C35H84N4O12Si4. The maximum Gasteiger partial charge on any atom is 0.500 e. The largest absolute Gasteiger partial charge is 0.500 e. The second kappa shape index (κ2) is 32.1. The maximum atomic E-state index is 5.66. The Morgan fingerprint density at radius 2 is 0.418 bits per heavy atom. The Hall–Kier alpha value is 0.228. The third kappa shape index (κ3) is 21.9. The predicted molar refractivity (Wildman–Crippen MR) is 227 cm³/mol. The van der Waals surface area contributed by atoms with E-state index < -0.39 is 35.2 Å².